The van der Waals surface area contributed by atoms with Gasteiger partial charge in [0.15, 0.2) is 5.58 Å². The number of carbonyl (C=O) groups excluding carboxylic acids is 1. The molecular formula is C15H9BrF2N2O3. The number of amides is 1. The number of hydrogen-bond acceptors (Lipinski definition) is 4. The van der Waals surface area contributed by atoms with Crippen LogP contribution >= 0.6 is 15.9 Å². The molecule has 1 N–H and O–H groups in total. The van der Waals surface area contributed by atoms with Gasteiger partial charge in [0.2, 0.25) is 6.86 Å². The molecule has 0 spiro atoms. The molecule has 1 aromatic heterocycles. The van der Waals surface area contributed by atoms with E-state index in [9.17, 15) is 13.6 Å². The second-order valence-electron chi connectivity index (χ2n) is 4.49. The van der Waals surface area contributed by atoms with Crippen molar-refractivity contribution in [3.8, 4) is 5.75 Å². The van der Waals surface area contributed by atoms with Gasteiger partial charge in [0.1, 0.15) is 17.1 Å². The molecule has 0 radical (unpaired) electrons. The molecule has 3 aromatic rings. The van der Waals surface area contributed by atoms with Crippen LogP contribution in [0.5, 0.6) is 5.75 Å². The third-order valence-electron chi connectivity index (χ3n) is 2.94. The maximum Gasteiger partial charge on any atom is 0.311 e. The van der Waals surface area contributed by atoms with Gasteiger partial charge in [-0.15, -0.1) is 0 Å². The van der Waals surface area contributed by atoms with Crippen molar-refractivity contribution in [1.82, 2.24) is 4.98 Å². The van der Waals surface area contributed by atoms with Crippen molar-refractivity contribution >= 4 is 38.6 Å². The fourth-order valence-electron chi connectivity index (χ4n) is 1.94. The molecule has 0 bridgehead atoms. The predicted molar refractivity (Wildman–Crippen MR) is 82.7 cm³/mol. The van der Waals surface area contributed by atoms with E-state index < -0.39 is 18.6 Å². The zero-order chi connectivity index (χ0) is 16.4. The summed E-state index contributed by atoms with van der Waals surface area (Å²) in [5, 5.41) is 2.57. The standard InChI is InChI=1S/C15H9BrF2N2O3/c16-11-5-8(18)6-12-13(11)23-15(20-12)14(21)19-9-1-3-10(4-2-9)22-7-17/h1-6H,7H2,(H,19,21). The van der Waals surface area contributed by atoms with Crippen LogP contribution in [-0.2, 0) is 0 Å². The van der Waals surface area contributed by atoms with Gasteiger partial charge >= 0.3 is 5.91 Å². The first kappa shape index (κ1) is 15.4. The average Bonchev–Trinajstić information content (AvgIpc) is 2.94. The van der Waals surface area contributed by atoms with Gasteiger partial charge in [0.25, 0.3) is 5.89 Å². The van der Waals surface area contributed by atoms with E-state index in [4.69, 9.17) is 4.42 Å². The zero-order valence-corrected chi connectivity index (χ0v) is 13.1. The third kappa shape index (κ3) is 3.31. The molecule has 0 aliphatic heterocycles. The topological polar surface area (TPSA) is 64.4 Å². The molecule has 118 valence electrons. The highest BCUT2D eigenvalue weighted by Crippen LogP contribution is 2.26. The van der Waals surface area contributed by atoms with Crippen molar-refractivity contribution < 1.29 is 22.7 Å². The Bertz CT molecular complexity index is 865. The summed E-state index contributed by atoms with van der Waals surface area (Å²) in [5.41, 5.74) is 0.964. The van der Waals surface area contributed by atoms with Crippen molar-refractivity contribution in [2.45, 2.75) is 0 Å². The summed E-state index contributed by atoms with van der Waals surface area (Å²) >= 11 is 3.15. The molecule has 0 saturated carbocycles. The Kier molecular flexibility index (Phi) is 4.24. The van der Waals surface area contributed by atoms with Gasteiger partial charge in [-0.05, 0) is 46.3 Å². The van der Waals surface area contributed by atoms with Crippen molar-refractivity contribution in [2.75, 3.05) is 12.2 Å². The molecular weight excluding hydrogens is 374 g/mol. The number of hydrogen-bond donors (Lipinski definition) is 1. The second kappa shape index (κ2) is 6.33. The van der Waals surface area contributed by atoms with Gasteiger partial charge in [0, 0.05) is 11.8 Å². The molecule has 0 aliphatic carbocycles. The summed E-state index contributed by atoms with van der Waals surface area (Å²) in [6, 6.07) is 8.49. The summed E-state index contributed by atoms with van der Waals surface area (Å²) in [4.78, 5) is 16.1. The zero-order valence-electron chi connectivity index (χ0n) is 11.5. The summed E-state index contributed by atoms with van der Waals surface area (Å²) in [5.74, 6) is -0.942. The summed E-state index contributed by atoms with van der Waals surface area (Å²) in [7, 11) is 0. The highest BCUT2D eigenvalue weighted by molar-refractivity contribution is 9.10. The van der Waals surface area contributed by atoms with Gasteiger partial charge in [-0.1, -0.05) is 0 Å². The number of halogens is 3. The lowest BCUT2D eigenvalue weighted by Crippen LogP contribution is -2.12. The van der Waals surface area contributed by atoms with E-state index in [1.165, 1.54) is 24.3 Å². The van der Waals surface area contributed by atoms with E-state index in [2.05, 4.69) is 31.0 Å². The van der Waals surface area contributed by atoms with Crippen molar-refractivity contribution in [1.29, 1.82) is 0 Å². The molecule has 0 atom stereocenters. The first-order valence-electron chi connectivity index (χ1n) is 6.42. The number of benzene rings is 2. The lowest BCUT2D eigenvalue weighted by Gasteiger charge is -2.04. The Hall–Kier alpha value is -2.48. The highest BCUT2D eigenvalue weighted by Gasteiger charge is 2.17. The van der Waals surface area contributed by atoms with Crippen LogP contribution in [0.2, 0.25) is 0 Å². The lowest BCUT2D eigenvalue weighted by molar-refractivity contribution is 0.0992. The fraction of sp³-hybridized carbons (Fsp3) is 0.0667. The maximum atomic E-state index is 13.3. The number of alkyl halides is 1. The fourth-order valence-corrected chi connectivity index (χ4v) is 2.44. The lowest BCUT2D eigenvalue weighted by atomic mass is 10.3. The molecule has 0 saturated heterocycles. The number of nitrogens with zero attached hydrogens (tertiary/aromatic N) is 1. The van der Waals surface area contributed by atoms with E-state index in [1.54, 1.807) is 12.1 Å². The van der Waals surface area contributed by atoms with Gasteiger partial charge in [-0.25, -0.2) is 13.8 Å². The number of aromatic nitrogens is 1. The van der Waals surface area contributed by atoms with E-state index in [0.717, 1.165) is 0 Å². The molecule has 2 aromatic carbocycles. The first-order valence-corrected chi connectivity index (χ1v) is 7.22. The van der Waals surface area contributed by atoms with Gasteiger partial charge < -0.3 is 14.5 Å². The minimum atomic E-state index is -0.931. The molecule has 8 heteroatoms. The molecule has 1 amide bonds. The van der Waals surface area contributed by atoms with Crippen LogP contribution in [0.3, 0.4) is 0 Å². The molecule has 0 unspecified atom stereocenters. The Labute approximate surface area is 137 Å². The minimum absolute atomic E-state index is 0.199. The van der Waals surface area contributed by atoms with Crippen molar-refractivity contribution in [3.05, 3.63) is 52.6 Å². The first-order chi connectivity index (χ1) is 11.1. The second-order valence-corrected chi connectivity index (χ2v) is 5.34. The quantitative estimate of drug-likeness (QED) is 0.730. The predicted octanol–water partition coefficient (Wildman–Crippen LogP) is 4.29. The summed E-state index contributed by atoms with van der Waals surface area (Å²) in [6.07, 6.45) is 0. The highest BCUT2D eigenvalue weighted by atomic mass is 79.9. The third-order valence-corrected chi connectivity index (χ3v) is 3.53. The van der Waals surface area contributed by atoms with Gasteiger partial charge in [-0.2, -0.15) is 0 Å². The molecule has 0 aliphatic rings. The number of anilines is 1. The number of rotatable bonds is 4. The molecule has 0 fully saturated rings. The van der Waals surface area contributed by atoms with Crippen LogP contribution < -0.4 is 10.1 Å². The molecule has 5 nitrogen and oxygen atoms in total. The molecule has 3 rings (SSSR count). The summed E-state index contributed by atoms with van der Waals surface area (Å²) < 4.78 is 35.7. The van der Waals surface area contributed by atoms with Crippen LogP contribution in [0, 0.1) is 5.82 Å². The Morgan fingerprint density at radius 1 is 1.30 bits per heavy atom. The Morgan fingerprint density at radius 2 is 2.04 bits per heavy atom. The number of nitrogens with one attached hydrogen (secondary N) is 1. The summed E-state index contributed by atoms with van der Waals surface area (Å²) in [6.45, 7) is -0.931. The number of fused-ring (bicyclic) bond motifs is 1. The van der Waals surface area contributed by atoms with Crippen LogP contribution in [0.15, 0.2) is 45.3 Å². The maximum absolute atomic E-state index is 13.3. The minimum Gasteiger partial charge on any atom is -0.463 e. The van der Waals surface area contributed by atoms with Crippen molar-refractivity contribution in [2.24, 2.45) is 0 Å². The molecule has 1 heterocycles. The molecule has 23 heavy (non-hydrogen) atoms. The van der Waals surface area contributed by atoms with E-state index >= 15 is 0 Å². The smallest absolute Gasteiger partial charge is 0.311 e. The number of ether oxygens (including phenoxy) is 1. The van der Waals surface area contributed by atoms with E-state index in [-0.39, 0.29) is 17.0 Å². The van der Waals surface area contributed by atoms with Gasteiger partial charge in [0.05, 0.1) is 4.47 Å². The van der Waals surface area contributed by atoms with E-state index in [0.29, 0.717) is 15.9 Å². The number of oxazole rings is 1. The van der Waals surface area contributed by atoms with Crippen molar-refractivity contribution in [3.63, 3.8) is 0 Å². The largest absolute Gasteiger partial charge is 0.463 e. The SMILES string of the molecule is O=C(Nc1ccc(OCF)cc1)c1nc2cc(F)cc(Br)c2o1. The van der Waals surface area contributed by atoms with Crippen LogP contribution in [0.25, 0.3) is 11.1 Å². The number of carbonyl (C=O) groups is 1. The van der Waals surface area contributed by atoms with Gasteiger partial charge in [-0.3, -0.25) is 4.79 Å². The van der Waals surface area contributed by atoms with Crippen LogP contribution in [0.4, 0.5) is 14.5 Å². The van der Waals surface area contributed by atoms with Crippen LogP contribution in [-0.4, -0.2) is 17.8 Å². The monoisotopic (exact) mass is 382 g/mol. The Morgan fingerprint density at radius 3 is 2.74 bits per heavy atom. The Balaban J connectivity index is 1.81. The average molecular weight is 383 g/mol. The normalized spacial score (nSPS) is 10.7. The van der Waals surface area contributed by atoms with E-state index in [1.807, 2.05) is 0 Å². The van der Waals surface area contributed by atoms with Crippen LogP contribution in [0.1, 0.15) is 10.7 Å².